The van der Waals surface area contributed by atoms with Crippen LogP contribution in [-0.4, -0.2) is 75.6 Å². The molecule has 0 aliphatic carbocycles. The van der Waals surface area contributed by atoms with Gasteiger partial charge in [-0.15, -0.1) is 0 Å². The summed E-state index contributed by atoms with van der Waals surface area (Å²) in [5.41, 5.74) is 13.5. The van der Waals surface area contributed by atoms with Crippen molar-refractivity contribution in [1.82, 2.24) is 20.9 Å². The minimum absolute atomic E-state index is 0.132. The van der Waals surface area contributed by atoms with Crippen molar-refractivity contribution >= 4 is 40.6 Å². The van der Waals surface area contributed by atoms with Crippen molar-refractivity contribution < 1.29 is 34.2 Å². The number of carbonyl (C=O) groups is 5. The highest BCUT2D eigenvalue weighted by Crippen LogP contribution is 2.19. The van der Waals surface area contributed by atoms with Gasteiger partial charge in [-0.2, -0.15) is 0 Å². The molecule has 13 heteroatoms. The molecule has 10 N–H and O–H groups in total. The molecule has 1 heterocycles. The normalized spacial score (nSPS) is 14.3. The number of amides is 3. The first kappa shape index (κ1) is 31.2. The van der Waals surface area contributed by atoms with Gasteiger partial charge in [-0.3, -0.25) is 19.2 Å². The van der Waals surface area contributed by atoms with Crippen LogP contribution in [0.2, 0.25) is 0 Å². The van der Waals surface area contributed by atoms with Gasteiger partial charge in [-0.1, -0.05) is 32.0 Å². The number of unbranched alkanes of at least 4 members (excludes halogenated alkanes) is 1. The topological polar surface area (TPSA) is 230 Å². The summed E-state index contributed by atoms with van der Waals surface area (Å²) in [7, 11) is 0. The van der Waals surface area contributed by atoms with Crippen LogP contribution in [0.15, 0.2) is 30.5 Å². The summed E-state index contributed by atoms with van der Waals surface area (Å²) in [6.07, 6.45) is 2.30. The standard InChI is InChI=1S/C26H38N6O7/c1-14(2)22(32-23(35)17(28)11-15-13-29-18-8-4-3-7-16(15)18)25(37)30-19(9-5-6-10-27)24(36)31-20(26(38)39)12-21(33)34/h3-4,7-8,13-14,17,19-20,22,29H,5-6,9-12,27-28H2,1-2H3,(H,30,37)(H,31,36)(H,32,35)(H,33,34)(H,38,39). The molecule has 0 aliphatic rings. The smallest absolute Gasteiger partial charge is 0.326 e. The minimum Gasteiger partial charge on any atom is -0.481 e. The SMILES string of the molecule is CC(C)C(NC(=O)C(N)Cc1c[nH]c2ccccc12)C(=O)NC(CCCCN)C(=O)NC(CC(=O)O)C(=O)O. The second kappa shape index (κ2) is 14.8. The van der Waals surface area contributed by atoms with E-state index in [-0.39, 0.29) is 18.8 Å². The number of carboxylic acid groups (broad SMARTS) is 2. The summed E-state index contributed by atoms with van der Waals surface area (Å²) >= 11 is 0. The first-order valence-electron chi connectivity index (χ1n) is 12.8. The Morgan fingerprint density at radius 1 is 0.923 bits per heavy atom. The Balaban J connectivity index is 2.11. The molecule has 2 rings (SSSR count). The van der Waals surface area contributed by atoms with E-state index in [2.05, 4.69) is 20.9 Å². The van der Waals surface area contributed by atoms with Crippen LogP contribution >= 0.6 is 0 Å². The monoisotopic (exact) mass is 546 g/mol. The van der Waals surface area contributed by atoms with E-state index in [4.69, 9.17) is 16.6 Å². The summed E-state index contributed by atoms with van der Waals surface area (Å²) in [4.78, 5) is 64.5. The third-order valence-corrected chi connectivity index (χ3v) is 6.27. The number of nitrogens with two attached hydrogens (primary N) is 2. The maximum atomic E-state index is 13.2. The lowest BCUT2D eigenvalue weighted by atomic mass is 10.00. The number of fused-ring (bicyclic) bond motifs is 1. The van der Waals surface area contributed by atoms with Crippen molar-refractivity contribution in [2.45, 2.75) is 70.1 Å². The number of aromatic amines is 1. The second-order valence-corrected chi connectivity index (χ2v) is 9.74. The average molecular weight is 547 g/mol. The van der Waals surface area contributed by atoms with Crippen molar-refractivity contribution in [3.05, 3.63) is 36.0 Å². The van der Waals surface area contributed by atoms with Crippen LogP contribution in [-0.2, 0) is 30.4 Å². The number of aromatic nitrogens is 1. The quantitative estimate of drug-likeness (QED) is 0.131. The van der Waals surface area contributed by atoms with E-state index in [1.807, 2.05) is 24.3 Å². The third-order valence-electron chi connectivity index (χ3n) is 6.27. The fourth-order valence-corrected chi connectivity index (χ4v) is 4.10. The summed E-state index contributed by atoms with van der Waals surface area (Å²) < 4.78 is 0. The predicted molar refractivity (Wildman–Crippen MR) is 143 cm³/mol. The third kappa shape index (κ3) is 9.37. The van der Waals surface area contributed by atoms with Crippen LogP contribution in [0, 0.1) is 5.92 Å². The van der Waals surface area contributed by atoms with Crippen molar-refractivity contribution in [3.63, 3.8) is 0 Å². The molecule has 4 unspecified atom stereocenters. The number of para-hydroxylation sites is 1. The Morgan fingerprint density at radius 2 is 1.59 bits per heavy atom. The Hall–Kier alpha value is -3.97. The highest BCUT2D eigenvalue weighted by molar-refractivity contribution is 5.95. The lowest BCUT2D eigenvalue weighted by Crippen LogP contribution is -2.58. The van der Waals surface area contributed by atoms with Gasteiger partial charge in [0.05, 0.1) is 12.5 Å². The zero-order valence-corrected chi connectivity index (χ0v) is 22.1. The molecule has 3 amide bonds. The molecule has 0 bridgehead atoms. The first-order valence-corrected chi connectivity index (χ1v) is 12.8. The molecule has 0 spiro atoms. The van der Waals surface area contributed by atoms with Gasteiger partial charge in [0.1, 0.15) is 18.1 Å². The molecule has 4 atom stereocenters. The van der Waals surface area contributed by atoms with Crippen LogP contribution in [0.4, 0.5) is 0 Å². The van der Waals surface area contributed by atoms with Crippen molar-refractivity contribution in [2.75, 3.05) is 6.54 Å². The number of rotatable bonds is 16. The molecule has 39 heavy (non-hydrogen) atoms. The highest BCUT2D eigenvalue weighted by atomic mass is 16.4. The summed E-state index contributed by atoms with van der Waals surface area (Å²) in [5, 5.41) is 26.6. The van der Waals surface area contributed by atoms with E-state index < -0.39 is 60.2 Å². The zero-order chi connectivity index (χ0) is 29.1. The molecule has 0 saturated carbocycles. The van der Waals surface area contributed by atoms with E-state index in [0.29, 0.717) is 19.4 Å². The van der Waals surface area contributed by atoms with Crippen LogP contribution in [0.25, 0.3) is 10.9 Å². The number of nitrogens with one attached hydrogen (secondary N) is 4. The van der Waals surface area contributed by atoms with Gasteiger partial charge in [0, 0.05) is 17.1 Å². The molecule has 0 saturated heterocycles. The van der Waals surface area contributed by atoms with E-state index in [9.17, 15) is 29.1 Å². The van der Waals surface area contributed by atoms with E-state index in [0.717, 1.165) is 16.5 Å². The summed E-state index contributed by atoms with van der Waals surface area (Å²) in [6, 6.07) is 2.76. The van der Waals surface area contributed by atoms with E-state index >= 15 is 0 Å². The van der Waals surface area contributed by atoms with E-state index in [1.165, 1.54) is 0 Å². The lowest BCUT2D eigenvalue weighted by Gasteiger charge is -2.27. The number of aliphatic carboxylic acids is 2. The van der Waals surface area contributed by atoms with Gasteiger partial charge in [0.15, 0.2) is 0 Å². The molecule has 1 aromatic carbocycles. The number of carbonyl (C=O) groups excluding carboxylic acids is 3. The largest absolute Gasteiger partial charge is 0.481 e. The van der Waals surface area contributed by atoms with Crippen LogP contribution < -0.4 is 27.4 Å². The molecule has 0 fully saturated rings. The van der Waals surface area contributed by atoms with Gasteiger partial charge in [0.25, 0.3) is 0 Å². The number of carboxylic acids is 2. The Bertz CT molecular complexity index is 1160. The molecule has 1 aromatic heterocycles. The van der Waals surface area contributed by atoms with Crippen LogP contribution in [0.1, 0.15) is 45.1 Å². The summed E-state index contributed by atoms with van der Waals surface area (Å²) in [6.45, 7) is 3.77. The number of hydrogen-bond donors (Lipinski definition) is 8. The molecular formula is C26H38N6O7. The maximum Gasteiger partial charge on any atom is 0.326 e. The lowest BCUT2D eigenvalue weighted by molar-refractivity contribution is -0.147. The van der Waals surface area contributed by atoms with Crippen LogP contribution in [0.5, 0.6) is 0 Å². The molecule has 2 aromatic rings. The fourth-order valence-electron chi connectivity index (χ4n) is 4.10. The molecule has 214 valence electrons. The van der Waals surface area contributed by atoms with Gasteiger partial charge >= 0.3 is 11.9 Å². The second-order valence-electron chi connectivity index (χ2n) is 9.74. The zero-order valence-electron chi connectivity index (χ0n) is 22.1. The highest BCUT2D eigenvalue weighted by Gasteiger charge is 2.32. The molecule has 0 aliphatic heterocycles. The Labute approximate surface area is 226 Å². The van der Waals surface area contributed by atoms with Gasteiger partial charge in [-0.05, 0) is 49.8 Å². The number of benzene rings is 1. The van der Waals surface area contributed by atoms with Gasteiger partial charge in [0.2, 0.25) is 17.7 Å². The molecule has 0 radical (unpaired) electrons. The number of hydrogen-bond acceptors (Lipinski definition) is 7. The van der Waals surface area contributed by atoms with Crippen molar-refractivity contribution in [3.8, 4) is 0 Å². The van der Waals surface area contributed by atoms with Crippen molar-refractivity contribution in [2.24, 2.45) is 17.4 Å². The maximum absolute atomic E-state index is 13.2. The fraction of sp³-hybridized carbons (Fsp3) is 0.500. The molecular weight excluding hydrogens is 508 g/mol. The molecule has 13 nitrogen and oxygen atoms in total. The Morgan fingerprint density at radius 3 is 2.21 bits per heavy atom. The predicted octanol–water partition coefficient (Wildman–Crippen LogP) is -0.164. The first-order chi connectivity index (χ1) is 18.4. The summed E-state index contributed by atoms with van der Waals surface area (Å²) in [5.74, 6) is -5.35. The minimum atomic E-state index is -1.67. The van der Waals surface area contributed by atoms with Gasteiger partial charge in [-0.25, -0.2) is 4.79 Å². The Kier molecular flexibility index (Phi) is 11.9. The van der Waals surface area contributed by atoms with Crippen molar-refractivity contribution in [1.29, 1.82) is 0 Å². The van der Waals surface area contributed by atoms with E-state index in [1.54, 1.807) is 20.0 Å². The van der Waals surface area contributed by atoms with Gasteiger partial charge < -0.3 is 42.6 Å². The average Bonchev–Trinajstić information content (AvgIpc) is 3.28. The van der Waals surface area contributed by atoms with Crippen LogP contribution in [0.3, 0.4) is 0 Å². The number of H-pyrrole nitrogens is 1.